The van der Waals surface area contributed by atoms with Crippen molar-refractivity contribution in [3.05, 3.63) is 18.0 Å². The molecule has 0 aromatic carbocycles. The van der Waals surface area contributed by atoms with Crippen LogP contribution in [0, 0.1) is 0 Å². The Morgan fingerprint density at radius 2 is 2.14 bits per heavy atom. The van der Waals surface area contributed by atoms with Crippen LogP contribution in [0.1, 0.15) is 50.0 Å². The van der Waals surface area contributed by atoms with Crippen molar-refractivity contribution in [3.8, 4) is 0 Å². The van der Waals surface area contributed by atoms with Gasteiger partial charge in [0.25, 0.3) is 15.0 Å². The van der Waals surface area contributed by atoms with Crippen LogP contribution in [0.15, 0.2) is 17.2 Å². The molecule has 7 heteroatoms. The monoisotopic (exact) mass is 332 g/mol. The number of amides is 1. The van der Waals surface area contributed by atoms with Crippen molar-refractivity contribution in [2.45, 2.75) is 57.0 Å². The number of halogens is 1. The second-order valence-corrected chi connectivity index (χ2v) is 7.96. The molecular weight excluding hydrogens is 312 g/mol. The Morgan fingerprint density at radius 1 is 1.43 bits per heavy atom. The van der Waals surface area contributed by atoms with E-state index in [0.717, 1.165) is 32.2 Å². The summed E-state index contributed by atoms with van der Waals surface area (Å²) in [6.07, 6.45) is 5.20. The van der Waals surface area contributed by atoms with Crippen molar-refractivity contribution in [2.75, 3.05) is 6.54 Å². The Kier molecular flexibility index (Phi) is 4.99. The zero-order chi connectivity index (χ0) is 15.6. The van der Waals surface area contributed by atoms with Crippen LogP contribution in [0.25, 0.3) is 0 Å². The van der Waals surface area contributed by atoms with Gasteiger partial charge in [0, 0.05) is 36.0 Å². The number of aryl methyl sites for hydroxylation is 1. The largest absolute Gasteiger partial charge is 0.342 e. The Balaban J connectivity index is 2.37. The van der Waals surface area contributed by atoms with Gasteiger partial charge in [-0.3, -0.25) is 4.79 Å². The van der Waals surface area contributed by atoms with Gasteiger partial charge in [0.15, 0.2) is 0 Å². The van der Waals surface area contributed by atoms with Crippen LogP contribution >= 0.6 is 10.7 Å². The second kappa shape index (κ2) is 6.40. The summed E-state index contributed by atoms with van der Waals surface area (Å²) in [5, 5.41) is 0. The van der Waals surface area contributed by atoms with E-state index in [4.69, 9.17) is 10.7 Å². The van der Waals surface area contributed by atoms with Gasteiger partial charge in [-0.25, -0.2) is 8.42 Å². The van der Waals surface area contributed by atoms with Crippen molar-refractivity contribution >= 4 is 25.6 Å². The number of likely N-dealkylation sites (tertiary alicyclic amines) is 1. The van der Waals surface area contributed by atoms with Gasteiger partial charge in [0.05, 0.1) is 0 Å². The lowest BCUT2D eigenvalue weighted by molar-refractivity contribution is 0.0722. The molecule has 0 radical (unpaired) electrons. The number of hydrogen-bond donors (Lipinski definition) is 0. The predicted octanol–water partition coefficient (Wildman–Crippen LogP) is 2.84. The lowest BCUT2D eigenvalue weighted by atomic mass is 10.1. The molecule has 2 rings (SSSR count). The van der Waals surface area contributed by atoms with Gasteiger partial charge < -0.3 is 9.47 Å². The summed E-state index contributed by atoms with van der Waals surface area (Å²) in [5.41, 5.74) is 0.413. The molecule has 2 heterocycles. The first-order valence-corrected chi connectivity index (χ1v) is 9.65. The third kappa shape index (κ3) is 3.43. The second-order valence-electron chi connectivity index (χ2n) is 5.40. The molecule has 0 N–H and O–H groups in total. The Morgan fingerprint density at radius 3 is 2.71 bits per heavy atom. The molecule has 0 saturated carbocycles. The van der Waals surface area contributed by atoms with Gasteiger partial charge in [-0.2, -0.15) is 0 Å². The fourth-order valence-corrected chi connectivity index (χ4v) is 3.66. The van der Waals surface area contributed by atoms with Gasteiger partial charge in [-0.05, 0) is 31.7 Å². The minimum atomic E-state index is -3.82. The number of carbonyl (C=O) groups is 1. The molecule has 1 aromatic rings. The van der Waals surface area contributed by atoms with Gasteiger partial charge >= 0.3 is 0 Å². The average molecular weight is 333 g/mol. The molecule has 21 heavy (non-hydrogen) atoms. The van der Waals surface area contributed by atoms with Crippen LogP contribution < -0.4 is 0 Å². The average Bonchev–Trinajstić information content (AvgIpc) is 3.03. The van der Waals surface area contributed by atoms with E-state index in [-0.39, 0.29) is 16.8 Å². The van der Waals surface area contributed by atoms with Gasteiger partial charge in [0.2, 0.25) is 0 Å². The maximum atomic E-state index is 12.7. The topological polar surface area (TPSA) is 59.4 Å². The van der Waals surface area contributed by atoms with E-state index in [9.17, 15) is 13.2 Å². The Bertz CT molecular complexity index is 624. The van der Waals surface area contributed by atoms with Crippen LogP contribution in [0.3, 0.4) is 0 Å². The van der Waals surface area contributed by atoms with E-state index < -0.39 is 9.05 Å². The van der Waals surface area contributed by atoms with Crippen LogP contribution in [-0.2, 0) is 15.6 Å². The summed E-state index contributed by atoms with van der Waals surface area (Å²) in [5.74, 6) is -0.0978. The third-order valence-corrected chi connectivity index (χ3v) is 5.27. The SMILES string of the molecule is CCCn1cc(S(=O)(=O)Cl)cc1C(=O)N1CCCC1CC. The molecule has 118 valence electrons. The van der Waals surface area contributed by atoms with Crippen molar-refractivity contribution in [3.63, 3.8) is 0 Å². The molecule has 1 atom stereocenters. The highest BCUT2D eigenvalue weighted by molar-refractivity contribution is 8.13. The zero-order valence-electron chi connectivity index (χ0n) is 12.4. The molecule has 1 amide bonds. The molecule has 0 spiro atoms. The van der Waals surface area contributed by atoms with Gasteiger partial charge in [0.1, 0.15) is 10.6 Å². The maximum absolute atomic E-state index is 12.7. The van der Waals surface area contributed by atoms with Crippen molar-refractivity contribution < 1.29 is 13.2 Å². The van der Waals surface area contributed by atoms with Crippen LogP contribution in [-0.4, -0.2) is 36.4 Å². The summed E-state index contributed by atoms with van der Waals surface area (Å²) in [4.78, 5) is 14.6. The highest BCUT2D eigenvalue weighted by Crippen LogP contribution is 2.25. The summed E-state index contributed by atoms with van der Waals surface area (Å²) >= 11 is 0. The first-order chi connectivity index (χ1) is 9.88. The molecule has 1 unspecified atom stereocenters. The van der Waals surface area contributed by atoms with E-state index in [1.54, 1.807) is 4.57 Å². The molecule has 1 aromatic heterocycles. The van der Waals surface area contributed by atoms with Crippen molar-refractivity contribution in [1.29, 1.82) is 0 Å². The number of rotatable bonds is 5. The first-order valence-electron chi connectivity index (χ1n) is 7.34. The standard InChI is InChI=1S/C14H21ClN2O3S/c1-3-7-16-10-12(21(15,19)20)9-13(16)14(18)17-8-5-6-11(17)4-2/h9-11H,3-8H2,1-2H3. The summed E-state index contributed by atoms with van der Waals surface area (Å²) in [7, 11) is 1.58. The normalized spacial score (nSPS) is 19.2. The highest BCUT2D eigenvalue weighted by atomic mass is 35.7. The summed E-state index contributed by atoms with van der Waals surface area (Å²) in [6, 6.07) is 1.64. The minimum absolute atomic E-state index is 0.00629. The molecule has 1 saturated heterocycles. The van der Waals surface area contributed by atoms with Gasteiger partial charge in [-0.15, -0.1) is 0 Å². The summed E-state index contributed by atoms with van der Waals surface area (Å²) in [6.45, 7) is 5.37. The fraction of sp³-hybridized carbons (Fsp3) is 0.643. The minimum Gasteiger partial charge on any atom is -0.342 e. The molecule has 1 aliphatic rings. The summed E-state index contributed by atoms with van der Waals surface area (Å²) < 4.78 is 24.7. The van der Waals surface area contributed by atoms with Crippen LogP contribution in [0.5, 0.6) is 0 Å². The van der Waals surface area contributed by atoms with Gasteiger partial charge in [-0.1, -0.05) is 13.8 Å². The smallest absolute Gasteiger partial charge is 0.270 e. The molecular formula is C14H21ClN2O3S. The van der Waals surface area contributed by atoms with E-state index in [0.29, 0.717) is 12.2 Å². The molecule has 5 nitrogen and oxygen atoms in total. The molecule has 1 aliphatic heterocycles. The molecule has 0 bridgehead atoms. The van der Waals surface area contributed by atoms with Crippen LogP contribution in [0.2, 0.25) is 0 Å². The first kappa shape index (κ1) is 16.4. The Labute approximate surface area is 130 Å². The third-order valence-electron chi connectivity index (χ3n) is 3.95. The van der Waals surface area contributed by atoms with Crippen molar-refractivity contribution in [2.24, 2.45) is 0 Å². The maximum Gasteiger partial charge on any atom is 0.270 e. The quantitative estimate of drug-likeness (QED) is 0.779. The molecule has 1 fully saturated rings. The number of carbonyl (C=O) groups excluding carboxylic acids is 1. The molecule has 0 aliphatic carbocycles. The Hall–Kier alpha value is -1.01. The predicted molar refractivity (Wildman–Crippen MR) is 82.1 cm³/mol. The highest BCUT2D eigenvalue weighted by Gasteiger charge is 2.30. The number of nitrogens with zero attached hydrogens (tertiary/aromatic N) is 2. The van der Waals surface area contributed by atoms with E-state index >= 15 is 0 Å². The van der Waals surface area contributed by atoms with Crippen molar-refractivity contribution in [1.82, 2.24) is 9.47 Å². The van der Waals surface area contributed by atoms with E-state index in [1.807, 2.05) is 11.8 Å². The van der Waals surface area contributed by atoms with E-state index in [2.05, 4.69) is 6.92 Å². The number of hydrogen-bond acceptors (Lipinski definition) is 3. The van der Waals surface area contributed by atoms with Crippen LogP contribution in [0.4, 0.5) is 0 Å². The van der Waals surface area contributed by atoms with E-state index in [1.165, 1.54) is 12.3 Å². The lowest BCUT2D eigenvalue weighted by Gasteiger charge is -2.24. The zero-order valence-corrected chi connectivity index (χ0v) is 14.0. The fourth-order valence-electron chi connectivity index (χ4n) is 2.90. The lowest BCUT2D eigenvalue weighted by Crippen LogP contribution is -2.36. The number of aromatic nitrogens is 1.